The van der Waals surface area contributed by atoms with Gasteiger partial charge in [0.1, 0.15) is 23.2 Å². The molecule has 3 rings (SSSR count). The van der Waals surface area contributed by atoms with Crippen LogP contribution in [0.4, 0.5) is 0 Å². The van der Waals surface area contributed by atoms with Crippen molar-refractivity contribution in [3.05, 3.63) is 35.3 Å². The topological polar surface area (TPSA) is 149 Å². The number of hydrogen-bond donors (Lipinski definition) is 3. The average molecular weight is 759 g/mol. The average Bonchev–Trinajstić information content (AvgIpc) is 3.40. The number of cyclic esters (lactones) is 1. The monoisotopic (exact) mass is 758 g/mol. The van der Waals surface area contributed by atoms with Gasteiger partial charge in [-0.25, -0.2) is 4.79 Å². The Balaban J connectivity index is 1.21. The maximum absolute atomic E-state index is 12.5. The van der Waals surface area contributed by atoms with E-state index in [2.05, 4.69) is 34.6 Å². The predicted molar refractivity (Wildman–Crippen MR) is 209 cm³/mol. The van der Waals surface area contributed by atoms with Crippen molar-refractivity contribution in [3.63, 3.8) is 0 Å². The van der Waals surface area contributed by atoms with Crippen LogP contribution < -0.4 is 9.47 Å². The molecule has 10 nitrogen and oxygen atoms in total. The second-order valence-corrected chi connectivity index (χ2v) is 16.7. The molecule has 0 spiro atoms. The van der Waals surface area contributed by atoms with E-state index in [0.717, 1.165) is 93.3 Å². The van der Waals surface area contributed by atoms with E-state index in [0.29, 0.717) is 18.6 Å². The first-order valence-corrected chi connectivity index (χ1v) is 21.0. The molecule has 2 aliphatic rings. The van der Waals surface area contributed by atoms with E-state index in [-0.39, 0.29) is 18.0 Å². The van der Waals surface area contributed by atoms with Gasteiger partial charge in [0.05, 0.1) is 6.61 Å². The van der Waals surface area contributed by atoms with Crippen LogP contribution in [-0.2, 0) is 30.3 Å². The Hall–Kier alpha value is -3.11. The first-order valence-electron chi connectivity index (χ1n) is 21.0. The highest BCUT2D eigenvalue weighted by atomic mass is 16.6. The third-order valence-corrected chi connectivity index (χ3v) is 11.0. The lowest BCUT2D eigenvalue weighted by Gasteiger charge is -2.36. The molecule has 5 atom stereocenters. The van der Waals surface area contributed by atoms with Gasteiger partial charge >= 0.3 is 17.9 Å². The van der Waals surface area contributed by atoms with Gasteiger partial charge in [0.25, 0.3) is 0 Å². The van der Waals surface area contributed by atoms with E-state index in [1.807, 2.05) is 18.2 Å². The smallest absolute Gasteiger partial charge is 0.378 e. The Morgan fingerprint density at radius 3 is 1.96 bits per heavy atom. The summed E-state index contributed by atoms with van der Waals surface area (Å²) < 4.78 is 22.0. The summed E-state index contributed by atoms with van der Waals surface area (Å²) in [4.78, 5) is 36.2. The summed E-state index contributed by atoms with van der Waals surface area (Å²) in [7, 11) is 0. The highest BCUT2D eigenvalue weighted by Gasteiger charge is 2.41. The number of unbranched alkanes of at least 4 members (excludes halogenated alkanes) is 7. The summed E-state index contributed by atoms with van der Waals surface area (Å²) in [5.74, 6) is 0.608. The number of aliphatic hydroxyl groups excluding tert-OH is 3. The number of carbonyl (C=O) groups is 3. The summed E-state index contributed by atoms with van der Waals surface area (Å²) in [5.41, 5.74) is 0.952. The summed E-state index contributed by atoms with van der Waals surface area (Å²) in [5, 5.41) is 28.6. The molecule has 3 N–H and O–H groups in total. The van der Waals surface area contributed by atoms with E-state index >= 15 is 0 Å². The second-order valence-electron chi connectivity index (χ2n) is 16.7. The van der Waals surface area contributed by atoms with Crippen molar-refractivity contribution >= 4 is 17.9 Å². The highest BCUT2D eigenvalue weighted by Crippen LogP contribution is 2.38. The zero-order valence-electron chi connectivity index (χ0n) is 33.9. The Kier molecular flexibility index (Phi) is 19.9. The largest absolute Gasteiger partial charge is 0.499 e. The van der Waals surface area contributed by atoms with Gasteiger partial charge in [-0.05, 0) is 87.0 Å². The van der Waals surface area contributed by atoms with Crippen LogP contribution in [0.5, 0.6) is 11.5 Å². The first-order chi connectivity index (χ1) is 25.8. The zero-order chi connectivity index (χ0) is 39.5. The van der Waals surface area contributed by atoms with Crippen molar-refractivity contribution in [2.75, 3.05) is 6.61 Å². The molecule has 0 aromatic heterocycles. The molecule has 0 amide bonds. The number of benzene rings is 1. The number of hydrogen-bond acceptors (Lipinski definition) is 10. The third kappa shape index (κ3) is 16.3. The lowest BCUT2D eigenvalue weighted by atomic mass is 9.86. The van der Waals surface area contributed by atoms with Crippen molar-refractivity contribution in [2.45, 2.75) is 187 Å². The van der Waals surface area contributed by atoms with Crippen LogP contribution in [0.2, 0.25) is 0 Å². The fourth-order valence-electron chi connectivity index (χ4n) is 7.48. The van der Waals surface area contributed by atoms with Gasteiger partial charge in [-0.2, -0.15) is 0 Å². The van der Waals surface area contributed by atoms with Crippen molar-refractivity contribution < 1.29 is 48.7 Å². The highest BCUT2D eigenvalue weighted by molar-refractivity contribution is 5.90. The lowest BCUT2D eigenvalue weighted by Crippen LogP contribution is -2.36. The van der Waals surface area contributed by atoms with Crippen molar-refractivity contribution in [2.24, 2.45) is 17.8 Å². The second kappa shape index (κ2) is 23.7. The fourth-order valence-corrected chi connectivity index (χ4v) is 7.48. The quantitative estimate of drug-likeness (QED) is 0.0450. The van der Waals surface area contributed by atoms with E-state index in [1.54, 1.807) is 0 Å². The molecule has 0 fully saturated rings. The van der Waals surface area contributed by atoms with E-state index in [4.69, 9.17) is 24.1 Å². The van der Waals surface area contributed by atoms with Crippen LogP contribution in [0.15, 0.2) is 29.7 Å². The molecule has 0 radical (unpaired) electrons. The number of esters is 3. The number of aryl methyl sites for hydroxylation is 1. The molecule has 0 saturated heterocycles. The third-order valence-electron chi connectivity index (χ3n) is 11.0. The van der Waals surface area contributed by atoms with Gasteiger partial charge in [0, 0.05) is 12.8 Å². The molecule has 10 heteroatoms. The molecule has 306 valence electrons. The number of carbonyl (C=O) groups excluding carboxylic acids is 3. The van der Waals surface area contributed by atoms with Gasteiger partial charge in [-0.3, -0.25) is 9.59 Å². The minimum atomic E-state index is -1.50. The molecule has 0 bridgehead atoms. The Bertz CT molecular complexity index is 1340. The Labute approximate surface area is 324 Å². The number of fused-ring (bicyclic) bond motifs is 1. The maximum atomic E-state index is 12.5. The minimum Gasteiger partial charge on any atom is -0.499 e. The van der Waals surface area contributed by atoms with Crippen molar-refractivity contribution in [1.29, 1.82) is 0 Å². The van der Waals surface area contributed by atoms with E-state index in [1.165, 1.54) is 51.4 Å². The van der Waals surface area contributed by atoms with Crippen molar-refractivity contribution in [3.8, 4) is 11.5 Å². The van der Waals surface area contributed by atoms with Crippen LogP contribution in [0, 0.1) is 17.8 Å². The molecule has 54 heavy (non-hydrogen) atoms. The summed E-state index contributed by atoms with van der Waals surface area (Å²) in [6.45, 7) is 11.0. The van der Waals surface area contributed by atoms with Crippen LogP contribution in [0.25, 0.3) is 0 Å². The minimum absolute atomic E-state index is 0.0870. The molecule has 2 heterocycles. The standard InChI is InChI=1S/C44H70O10/c1-31(2)17-14-18-32(3)19-15-20-33(4)21-16-27-44(5)28-26-34-29-35(24-25-37(34)54-44)51-38(47)22-12-10-8-6-7-9-11-13-23-39(48)52-42-40(49)43(50)53-41(42)36(46)30-45/h24-25,29,31-33,36,41,45-46,49H,6-23,26-28,30H2,1-5H3/t32-,33-,36?,41-,44-/m1/s1. The molecule has 0 aliphatic carbocycles. The fraction of sp³-hybridized carbons (Fsp3) is 0.750. The van der Waals surface area contributed by atoms with Crippen LogP contribution in [0.1, 0.15) is 169 Å². The molecule has 1 aromatic rings. The molecule has 0 saturated carbocycles. The molecular formula is C44H70O10. The van der Waals surface area contributed by atoms with Gasteiger partial charge in [-0.1, -0.05) is 111 Å². The van der Waals surface area contributed by atoms with Gasteiger partial charge < -0.3 is 34.3 Å². The predicted octanol–water partition coefficient (Wildman–Crippen LogP) is 9.61. The number of ether oxygens (including phenoxy) is 4. The van der Waals surface area contributed by atoms with Crippen LogP contribution in [-0.4, -0.2) is 57.6 Å². The molecular weight excluding hydrogens is 688 g/mol. The molecule has 2 aliphatic heterocycles. The molecule has 1 unspecified atom stereocenters. The summed E-state index contributed by atoms with van der Waals surface area (Å²) in [6.07, 6.45) is 18.1. The van der Waals surface area contributed by atoms with Gasteiger partial charge in [-0.15, -0.1) is 0 Å². The van der Waals surface area contributed by atoms with Crippen LogP contribution >= 0.6 is 0 Å². The number of rotatable bonds is 27. The van der Waals surface area contributed by atoms with E-state index < -0.39 is 42.3 Å². The van der Waals surface area contributed by atoms with Gasteiger partial charge in [0.15, 0.2) is 6.10 Å². The maximum Gasteiger partial charge on any atom is 0.378 e. The Morgan fingerprint density at radius 2 is 1.37 bits per heavy atom. The zero-order valence-corrected chi connectivity index (χ0v) is 33.9. The normalized spacial score (nSPS) is 19.9. The number of aliphatic hydroxyl groups is 3. The summed E-state index contributed by atoms with van der Waals surface area (Å²) >= 11 is 0. The van der Waals surface area contributed by atoms with Gasteiger partial charge in [0.2, 0.25) is 11.5 Å². The lowest BCUT2D eigenvalue weighted by molar-refractivity contribution is -0.151. The first kappa shape index (κ1) is 45.3. The molecule has 1 aromatic carbocycles. The van der Waals surface area contributed by atoms with Crippen molar-refractivity contribution in [1.82, 2.24) is 0 Å². The van der Waals surface area contributed by atoms with E-state index in [9.17, 15) is 24.6 Å². The SMILES string of the molecule is CC(C)CCC[C@@H](C)CCC[C@@H](C)CCC[C@]1(C)CCc2cc(OC(=O)CCCCCCCCCCC(=O)OC3=C(O)C(=O)O[C@@H]3C(O)CO)ccc2O1. The summed E-state index contributed by atoms with van der Waals surface area (Å²) in [6, 6.07) is 5.76. The Morgan fingerprint density at radius 1 is 0.815 bits per heavy atom. The van der Waals surface area contributed by atoms with Crippen LogP contribution in [0.3, 0.4) is 0 Å².